The van der Waals surface area contributed by atoms with E-state index in [1.165, 1.54) is 11.1 Å². The molecule has 29 heavy (non-hydrogen) atoms. The van der Waals surface area contributed by atoms with Crippen LogP contribution >= 0.6 is 0 Å². The molecule has 3 heterocycles. The molecule has 152 valence electrons. The molecule has 0 unspecified atom stereocenters. The van der Waals surface area contributed by atoms with Crippen molar-refractivity contribution in [2.45, 2.75) is 31.8 Å². The van der Waals surface area contributed by atoms with E-state index in [1.54, 1.807) is 19.5 Å². The van der Waals surface area contributed by atoms with Crippen LogP contribution in [0.25, 0.3) is 11.0 Å². The van der Waals surface area contributed by atoms with Crippen LogP contribution in [0, 0.1) is 5.92 Å². The number of benzene rings is 1. The summed E-state index contributed by atoms with van der Waals surface area (Å²) in [5.74, 6) is 1.70. The summed E-state index contributed by atoms with van der Waals surface area (Å²) in [4.78, 5) is 11.5. The summed E-state index contributed by atoms with van der Waals surface area (Å²) >= 11 is 0. The molecule has 1 aliphatic heterocycles. The molecule has 1 aliphatic carbocycles. The van der Waals surface area contributed by atoms with Gasteiger partial charge in [-0.3, -0.25) is 0 Å². The molecular weight excluding hydrogens is 368 g/mol. The molecule has 0 spiro atoms. The van der Waals surface area contributed by atoms with Crippen LogP contribution in [0.4, 0.5) is 11.6 Å². The first-order valence-electron chi connectivity index (χ1n) is 10.1. The van der Waals surface area contributed by atoms with E-state index in [9.17, 15) is 5.11 Å². The maximum absolute atomic E-state index is 9.29. The van der Waals surface area contributed by atoms with Crippen LogP contribution in [0.3, 0.4) is 0 Å². The number of hydrogen-bond donors (Lipinski definition) is 2. The summed E-state index contributed by atoms with van der Waals surface area (Å²) in [7, 11) is 3.83. The number of ether oxygens (including phenoxy) is 1. The molecule has 1 saturated carbocycles. The predicted molar refractivity (Wildman–Crippen MR) is 110 cm³/mol. The third-order valence-electron chi connectivity index (χ3n) is 6.12. The van der Waals surface area contributed by atoms with Crippen molar-refractivity contribution >= 4 is 22.7 Å². The highest BCUT2D eigenvalue weighted by atomic mass is 16.5. The molecule has 3 aromatic rings. The second-order valence-electron chi connectivity index (χ2n) is 8.17. The van der Waals surface area contributed by atoms with E-state index in [1.807, 2.05) is 4.68 Å². The molecule has 2 aromatic heterocycles. The molecule has 0 saturated heterocycles. The Morgan fingerprint density at radius 2 is 2.10 bits per heavy atom. The van der Waals surface area contributed by atoms with Gasteiger partial charge < -0.3 is 20.1 Å². The summed E-state index contributed by atoms with van der Waals surface area (Å²) in [5.41, 5.74) is 4.33. The normalized spacial score (nSPS) is 21.6. The monoisotopic (exact) mass is 394 g/mol. The summed E-state index contributed by atoms with van der Waals surface area (Å²) in [6, 6.07) is 4.56. The SMILES string of the molecule is COc1cc2c(cc1Nc1ncc3cnn([C@H]4C[C@H](CO)C4)c3n1)CN(C)CC2. The number of anilines is 2. The molecule has 0 amide bonds. The molecule has 5 rings (SSSR count). The lowest BCUT2D eigenvalue weighted by atomic mass is 9.81. The van der Waals surface area contributed by atoms with Gasteiger partial charge in [0.15, 0.2) is 5.65 Å². The number of likely N-dealkylation sites (N-methyl/N-ethyl adjacent to an activating group) is 1. The third kappa shape index (κ3) is 3.32. The first kappa shape index (κ1) is 18.3. The highest BCUT2D eigenvalue weighted by molar-refractivity contribution is 5.76. The molecule has 1 aromatic carbocycles. The Labute approximate surface area is 169 Å². The van der Waals surface area contributed by atoms with Crippen molar-refractivity contribution in [2.24, 2.45) is 5.92 Å². The number of aliphatic hydroxyl groups is 1. The van der Waals surface area contributed by atoms with Gasteiger partial charge in [-0.25, -0.2) is 9.67 Å². The molecule has 8 nitrogen and oxygen atoms in total. The van der Waals surface area contributed by atoms with Crippen LogP contribution in [0.1, 0.15) is 30.0 Å². The average molecular weight is 394 g/mol. The Morgan fingerprint density at radius 1 is 1.24 bits per heavy atom. The van der Waals surface area contributed by atoms with E-state index in [2.05, 4.69) is 39.5 Å². The minimum absolute atomic E-state index is 0.241. The third-order valence-corrected chi connectivity index (χ3v) is 6.12. The van der Waals surface area contributed by atoms with Crippen LogP contribution < -0.4 is 10.1 Å². The van der Waals surface area contributed by atoms with Crippen molar-refractivity contribution in [3.63, 3.8) is 0 Å². The van der Waals surface area contributed by atoms with Crippen LogP contribution in [0.2, 0.25) is 0 Å². The van der Waals surface area contributed by atoms with Gasteiger partial charge in [0.2, 0.25) is 5.95 Å². The lowest BCUT2D eigenvalue weighted by molar-refractivity contribution is 0.107. The zero-order valence-electron chi connectivity index (χ0n) is 16.8. The predicted octanol–water partition coefficient (Wildman–Crippen LogP) is 2.51. The molecule has 8 heteroatoms. The second-order valence-corrected chi connectivity index (χ2v) is 8.17. The molecule has 0 radical (unpaired) electrons. The summed E-state index contributed by atoms with van der Waals surface area (Å²) in [5, 5.41) is 18.1. The van der Waals surface area contributed by atoms with Crippen molar-refractivity contribution in [1.82, 2.24) is 24.6 Å². The van der Waals surface area contributed by atoms with Crippen molar-refractivity contribution < 1.29 is 9.84 Å². The zero-order valence-corrected chi connectivity index (χ0v) is 16.8. The van der Waals surface area contributed by atoms with Gasteiger partial charge in [0.05, 0.1) is 30.4 Å². The lowest BCUT2D eigenvalue weighted by Crippen LogP contribution is -2.29. The quantitative estimate of drug-likeness (QED) is 0.687. The Morgan fingerprint density at radius 3 is 2.90 bits per heavy atom. The van der Waals surface area contributed by atoms with Gasteiger partial charge in [0.1, 0.15) is 5.75 Å². The van der Waals surface area contributed by atoms with Crippen LogP contribution in [0.5, 0.6) is 5.75 Å². The summed E-state index contributed by atoms with van der Waals surface area (Å²) in [6.45, 7) is 2.23. The van der Waals surface area contributed by atoms with Crippen molar-refractivity contribution in [3.05, 3.63) is 35.7 Å². The number of nitrogens with one attached hydrogen (secondary N) is 1. The van der Waals surface area contributed by atoms with Crippen LogP contribution in [0.15, 0.2) is 24.5 Å². The zero-order chi connectivity index (χ0) is 20.0. The van der Waals surface area contributed by atoms with Crippen molar-refractivity contribution in [1.29, 1.82) is 0 Å². The average Bonchev–Trinajstić information content (AvgIpc) is 3.10. The second kappa shape index (κ2) is 7.27. The Hall–Kier alpha value is -2.71. The lowest BCUT2D eigenvalue weighted by Gasteiger charge is -2.34. The number of aliphatic hydroxyl groups excluding tert-OH is 1. The van der Waals surface area contributed by atoms with E-state index in [0.29, 0.717) is 17.9 Å². The van der Waals surface area contributed by atoms with Crippen LogP contribution in [-0.4, -0.2) is 57.1 Å². The van der Waals surface area contributed by atoms with Gasteiger partial charge in [-0.15, -0.1) is 0 Å². The van der Waals surface area contributed by atoms with Gasteiger partial charge in [-0.1, -0.05) is 0 Å². The van der Waals surface area contributed by atoms with E-state index in [4.69, 9.17) is 9.72 Å². The van der Waals surface area contributed by atoms with Crippen molar-refractivity contribution in [2.75, 3.05) is 32.6 Å². The maximum atomic E-state index is 9.29. The number of methoxy groups -OCH3 is 1. The van der Waals surface area contributed by atoms with E-state index < -0.39 is 0 Å². The Kier molecular flexibility index (Phi) is 4.60. The van der Waals surface area contributed by atoms with Gasteiger partial charge in [-0.05, 0) is 55.5 Å². The van der Waals surface area contributed by atoms with Gasteiger partial charge in [0, 0.05) is 25.9 Å². The van der Waals surface area contributed by atoms with Gasteiger partial charge in [-0.2, -0.15) is 10.1 Å². The molecule has 2 aliphatic rings. The number of rotatable bonds is 5. The Balaban J connectivity index is 1.45. The van der Waals surface area contributed by atoms with Crippen LogP contribution in [-0.2, 0) is 13.0 Å². The first-order valence-corrected chi connectivity index (χ1v) is 10.1. The fraction of sp³-hybridized carbons (Fsp3) is 0.476. The standard InChI is InChI=1S/C21H26N6O2/c1-26-4-3-14-8-19(29-2)18(7-15(14)11-26)24-21-22-9-16-10-23-27(20(16)25-21)17-5-13(6-17)12-28/h7-10,13,17,28H,3-6,11-12H2,1-2H3,(H,22,24,25)/t13-,17-. The summed E-state index contributed by atoms with van der Waals surface area (Å²) < 4.78 is 7.59. The largest absolute Gasteiger partial charge is 0.495 e. The highest BCUT2D eigenvalue weighted by Crippen LogP contribution is 2.38. The van der Waals surface area contributed by atoms with Gasteiger partial charge >= 0.3 is 0 Å². The van der Waals surface area contributed by atoms with Gasteiger partial charge in [0.25, 0.3) is 0 Å². The number of hydrogen-bond acceptors (Lipinski definition) is 7. The molecule has 1 fully saturated rings. The van der Waals surface area contributed by atoms with E-state index in [0.717, 1.165) is 54.8 Å². The van der Waals surface area contributed by atoms with Crippen molar-refractivity contribution in [3.8, 4) is 5.75 Å². The highest BCUT2D eigenvalue weighted by Gasteiger charge is 2.31. The molecule has 2 N–H and O–H groups in total. The topological polar surface area (TPSA) is 88.3 Å². The summed E-state index contributed by atoms with van der Waals surface area (Å²) in [6.07, 6.45) is 6.51. The molecule has 0 bridgehead atoms. The number of fused-ring (bicyclic) bond motifs is 2. The molecular formula is C21H26N6O2. The molecule has 0 atom stereocenters. The minimum Gasteiger partial charge on any atom is -0.495 e. The first-order chi connectivity index (χ1) is 14.1. The fourth-order valence-corrected chi connectivity index (χ4v) is 4.33. The maximum Gasteiger partial charge on any atom is 0.229 e. The Bertz CT molecular complexity index is 1040. The van der Waals surface area contributed by atoms with E-state index in [-0.39, 0.29) is 6.61 Å². The van der Waals surface area contributed by atoms with E-state index >= 15 is 0 Å². The minimum atomic E-state index is 0.241. The number of aromatic nitrogens is 4. The smallest absolute Gasteiger partial charge is 0.229 e. The fourth-order valence-electron chi connectivity index (χ4n) is 4.33. The number of nitrogens with zero attached hydrogens (tertiary/aromatic N) is 5.